The van der Waals surface area contributed by atoms with E-state index in [9.17, 15) is 0 Å². The number of hydrogen-bond acceptors (Lipinski definition) is 5. The SMILES string of the molecule is CC(C)Oc1cccnc1OCC1CNCC(C)(C)O1. The largest absolute Gasteiger partial charge is 0.485 e. The maximum absolute atomic E-state index is 5.96. The summed E-state index contributed by atoms with van der Waals surface area (Å²) in [5.74, 6) is 1.19. The Morgan fingerprint density at radius 1 is 1.50 bits per heavy atom. The fraction of sp³-hybridized carbons (Fsp3) is 0.667. The lowest BCUT2D eigenvalue weighted by atomic mass is 10.1. The average Bonchev–Trinajstić information content (AvgIpc) is 2.36. The third kappa shape index (κ3) is 4.35. The van der Waals surface area contributed by atoms with E-state index in [1.165, 1.54) is 0 Å². The Balaban J connectivity index is 1.93. The zero-order chi connectivity index (χ0) is 14.6. The Bertz CT molecular complexity index is 435. The molecule has 1 unspecified atom stereocenters. The van der Waals surface area contributed by atoms with Crippen molar-refractivity contribution in [1.82, 2.24) is 10.3 Å². The molecule has 0 spiro atoms. The summed E-state index contributed by atoms with van der Waals surface area (Å²) in [6.45, 7) is 10.2. The number of ether oxygens (including phenoxy) is 3. The van der Waals surface area contributed by atoms with E-state index in [4.69, 9.17) is 14.2 Å². The number of nitrogens with zero attached hydrogens (tertiary/aromatic N) is 1. The second-order valence-corrected chi connectivity index (χ2v) is 5.91. The fourth-order valence-corrected chi connectivity index (χ4v) is 2.16. The van der Waals surface area contributed by atoms with Crippen LogP contribution in [0.4, 0.5) is 0 Å². The molecule has 5 nitrogen and oxygen atoms in total. The normalized spacial score (nSPS) is 21.8. The summed E-state index contributed by atoms with van der Waals surface area (Å²) in [4.78, 5) is 4.23. The zero-order valence-corrected chi connectivity index (χ0v) is 12.7. The molecule has 1 N–H and O–H groups in total. The molecule has 20 heavy (non-hydrogen) atoms. The van der Waals surface area contributed by atoms with E-state index in [0.29, 0.717) is 18.2 Å². The molecule has 1 aromatic heterocycles. The van der Waals surface area contributed by atoms with Gasteiger partial charge in [-0.1, -0.05) is 0 Å². The van der Waals surface area contributed by atoms with Crippen LogP contribution in [0.1, 0.15) is 27.7 Å². The van der Waals surface area contributed by atoms with E-state index >= 15 is 0 Å². The molecular weight excluding hydrogens is 256 g/mol. The molecule has 1 atom stereocenters. The molecule has 0 amide bonds. The topological polar surface area (TPSA) is 52.6 Å². The molecule has 1 aliphatic heterocycles. The first kappa shape index (κ1) is 15.1. The van der Waals surface area contributed by atoms with Gasteiger partial charge < -0.3 is 19.5 Å². The molecule has 1 aliphatic rings. The molecule has 0 radical (unpaired) electrons. The van der Waals surface area contributed by atoms with Crippen LogP contribution < -0.4 is 14.8 Å². The molecule has 112 valence electrons. The standard InChI is InChI=1S/C15H24N2O3/c1-11(2)19-13-6-5-7-17-14(13)18-9-12-8-16-10-15(3,4)20-12/h5-7,11-12,16H,8-10H2,1-4H3. The van der Waals surface area contributed by atoms with Crippen LogP contribution in [0.5, 0.6) is 11.6 Å². The van der Waals surface area contributed by atoms with Gasteiger partial charge in [-0.05, 0) is 39.8 Å². The van der Waals surface area contributed by atoms with E-state index in [-0.39, 0.29) is 17.8 Å². The molecule has 0 saturated carbocycles. The maximum atomic E-state index is 5.96. The highest BCUT2D eigenvalue weighted by Crippen LogP contribution is 2.25. The third-order valence-electron chi connectivity index (χ3n) is 2.91. The van der Waals surface area contributed by atoms with Crippen LogP contribution in [-0.2, 0) is 4.74 Å². The molecule has 2 rings (SSSR count). The summed E-state index contributed by atoms with van der Waals surface area (Å²) in [5, 5.41) is 3.35. The lowest BCUT2D eigenvalue weighted by Crippen LogP contribution is -2.52. The van der Waals surface area contributed by atoms with Crippen LogP contribution in [0.2, 0.25) is 0 Å². The van der Waals surface area contributed by atoms with Gasteiger partial charge in [0.1, 0.15) is 12.7 Å². The van der Waals surface area contributed by atoms with Gasteiger partial charge in [0, 0.05) is 19.3 Å². The van der Waals surface area contributed by atoms with Gasteiger partial charge in [0.15, 0.2) is 5.75 Å². The van der Waals surface area contributed by atoms with Crippen LogP contribution >= 0.6 is 0 Å². The number of aromatic nitrogens is 1. The van der Waals surface area contributed by atoms with Crippen LogP contribution in [0.25, 0.3) is 0 Å². The summed E-state index contributed by atoms with van der Waals surface area (Å²) in [5.41, 5.74) is -0.159. The second-order valence-electron chi connectivity index (χ2n) is 5.91. The van der Waals surface area contributed by atoms with Gasteiger partial charge in [0.25, 0.3) is 5.88 Å². The Morgan fingerprint density at radius 3 is 3.00 bits per heavy atom. The fourth-order valence-electron chi connectivity index (χ4n) is 2.16. The summed E-state index contributed by atoms with van der Waals surface area (Å²) >= 11 is 0. The molecule has 1 saturated heterocycles. The van der Waals surface area contributed by atoms with Crippen LogP contribution in [0.15, 0.2) is 18.3 Å². The molecule has 0 aliphatic carbocycles. The Hall–Kier alpha value is -1.33. The number of morpholine rings is 1. The van der Waals surface area contributed by atoms with Crippen LogP contribution in [-0.4, -0.2) is 42.5 Å². The molecular formula is C15H24N2O3. The van der Waals surface area contributed by atoms with Gasteiger partial charge in [-0.2, -0.15) is 0 Å². The molecule has 0 aromatic carbocycles. The van der Waals surface area contributed by atoms with Crippen molar-refractivity contribution in [3.8, 4) is 11.6 Å². The number of hydrogen-bond donors (Lipinski definition) is 1. The molecule has 5 heteroatoms. The summed E-state index contributed by atoms with van der Waals surface area (Å²) < 4.78 is 17.4. The maximum Gasteiger partial charge on any atom is 0.257 e. The van der Waals surface area contributed by atoms with Crippen molar-refractivity contribution in [2.45, 2.75) is 45.5 Å². The van der Waals surface area contributed by atoms with Crippen molar-refractivity contribution >= 4 is 0 Å². The predicted octanol–water partition coefficient (Wildman–Crippen LogP) is 2.01. The molecule has 0 bridgehead atoms. The lowest BCUT2D eigenvalue weighted by Gasteiger charge is -2.36. The number of rotatable bonds is 5. The molecule has 1 fully saturated rings. The summed E-state index contributed by atoms with van der Waals surface area (Å²) in [6, 6.07) is 3.71. The highest BCUT2D eigenvalue weighted by atomic mass is 16.6. The Kier molecular flexibility index (Phi) is 4.83. The third-order valence-corrected chi connectivity index (χ3v) is 2.91. The highest BCUT2D eigenvalue weighted by molar-refractivity contribution is 5.32. The predicted molar refractivity (Wildman–Crippen MR) is 77.3 cm³/mol. The number of nitrogens with one attached hydrogen (secondary N) is 1. The van der Waals surface area contributed by atoms with Crippen LogP contribution in [0, 0.1) is 0 Å². The number of pyridine rings is 1. The van der Waals surface area contributed by atoms with E-state index in [1.54, 1.807) is 6.20 Å². The average molecular weight is 280 g/mol. The van der Waals surface area contributed by atoms with Crippen molar-refractivity contribution < 1.29 is 14.2 Å². The second kappa shape index (κ2) is 6.41. The Morgan fingerprint density at radius 2 is 2.30 bits per heavy atom. The van der Waals surface area contributed by atoms with Crippen molar-refractivity contribution in [1.29, 1.82) is 0 Å². The van der Waals surface area contributed by atoms with Gasteiger partial charge in [0.05, 0.1) is 11.7 Å². The van der Waals surface area contributed by atoms with Gasteiger partial charge in [-0.15, -0.1) is 0 Å². The molecule has 2 heterocycles. The lowest BCUT2D eigenvalue weighted by molar-refractivity contribution is -0.107. The van der Waals surface area contributed by atoms with Gasteiger partial charge in [0.2, 0.25) is 0 Å². The summed E-state index contributed by atoms with van der Waals surface area (Å²) in [6.07, 6.45) is 1.81. The van der Waals surface area contributed by atoms with Crippen LogP contribution in [0.3, 0.4) is 0 Å². The minimum Gasteiger partial charge on any atom is -0.485 e. The van der Waals surface area contributed by atoms with Gasteiger partial charge in [-0.3, -0.25) is 0 Å². The first-order valence-electron chi connectivity index (χ1n) is 7.09. The minimum absolute atomic E-state index is 0.0210. The summed E-state index contributed by atoms with van der Waals surface area (Å²) in [7, 11) is 0. The van der Waals surface area contributed by atoms with Crippen molar-refractivity contribution in [3.63, 3.8) is 0 Å². The first-order valence-corrected chi connectivity index (χ1v) is 7.09. The molecule has 1 aromatic rings. The monoisotopic (exact) mass is 280 g/mol. The smallest absolute Gasteiger partial charge is 0.257 e. The first-order chi connectivity index (χ1) is 9.46. The van der Waals surface area contributed by atoms with E-state index in [1.807, 2.05) is 26.0 Å². The minimum atomic E-state index is -0.159. The van der Waals surface area contributed by atoms with E-state index in [0.717, 1.165) is 13.1 Å². The van der Waals surface area contributed by atoms with E-state index < -0.39 is 0 Å². The van der Waals surface area contributed by atoms with Crippen molar-refractivity contribution in [2.75, 3.05) is 19.7 Å². The Labute approximate surface area is 120 Å². The van der Waals surface area contributed by atoms with Gasteiger partial charge >= 0.3 is 0 Å². The highest BCUT2D eigenvalue weighted by Gasteiger charge is 2.28. The zero-order valence-electron chi connectivity index (χ0n) is 12.7. The van der Waals surface area contributed by atoms with E-state index in [2.05, 4.69) is 24.1 Å². The van der Waals surface area contributed by atoms with Crippen molar-refractivity contribution in [3.05, 3.63) is 18.3 Å². The quantitative estimate of drug-likeness (QED) is 0.894. The van der Waals surface area contributed by atoms with Gasteiger partial charge in [-0.25, -0.2) is 4.98 Å². The van der Waals surface area contributed by atoms with Crippen molar-refractivity contribution in [2.24, 2.45) is 0 Å².